The smallest absolute Gasteiger partial charge is 0.405 e. The van der Waals surface area contributed by atoms with Crippen molar-refractivity contribution in [1.29, 1.82) is 0 Å². The van der Waals surface area contributed by atoms with Crippen molar-refractivity contribution in [3.05, 3.63) is 76.8 Å². The summed E-state index contributed by atoms with van der Waals surface area (Å²) in [4.78, 5) is 11.8. The average molecular weight is 534 g/mol. The van der Waals surface area contributed by atoms with E-state index >= 15 is 0 Å². The largest absolute Gasteiger partial charge is 0.573 e. The lowest BCUT2D eigenvalue weighted by Crippen LogP contribution is -2.17. The number of para-hydroxylation sites is 1. The van der Waals surface area contributed by atoms with Crippen molar-refractivity contribution in [2.75, 3.05) is 11.1 Å². The summed E-state index contributed by atoms with van der Waals surface area (Å²) < 4.78 is 94.5. The Morgan fingerprint density at radius 2 is 1.63 bits per heavy atom. The predicted molar refractivity (Wildman–Crippen MR) is 120 cm³/mol. The third-order valence-electron chi connectivity index (χ3n) is 4.85. The third-order valence-corrected chi connectivity index (χ3v) is 6.87. The molecule has 0 aliphatic carbocycles. The Labute approximate surface area is 202 Å². The third kappa shape index (κ3) is 6.49. The topological polar surface area (TPSA) is 72.5 Å². The zero-order valence-corrected chi connectivity index (χ0v) is 19.5. The fourth-order valence-electron chi connectivity index (χ4n) is 3.17. The Morgan fingerprint density at radius 3 is 2.20 bits per heavy atom. The fraction of sp³-hybridized carbons (Fsp3) is 0.174. The summed E-state index contributed by atoms with van der Waals surface area (Å²) in [6.45, 7) is 1.32. The van der Waals surface area contributed by atoms with Crippen LogP contribution < -0.4 is 10.1 Å². The summed E-state index contributed by atoms with van der Waals surface area (Å²) in [7, 11) is -3.85. The Morgan fingerprint density at radius 1 is 1.00 bits per heavy atom. The predicted octanol–water partition coefficient (Wildman–Crippen LogP) is 6.16. The van der Waals surface area contributed by atoms with Gasteiger partial charge < -0.3 is 10.1 Å². The number of hydrogen-bond donors (Lipinski definition) is 1. The Kier molecular flexibility index (Phi) is 7.71. The first-order chi connectivity index (χ1) is 16.3. The summed E-state index contributed by atoms with van der Waals surface area (Å²) in [6, 6.07) is 10.6. The lowest BCUT2D eigenvalue weighted by molar-refractivity contribution is -0.274. The van der Waals surface area contributed by atoms with Crippen LogP contribution in [0.5, 0.6) is 5.75 Å². The Bertz CT molecular complexity index is 1350. The van der Waals surface area contributed by atoms with E-state index in [9.17, 15) is 35.2 Å². The number of nitrogens with one attached hydrogen (secondary N) is 1. The number of carbonyl (C=O) groups is 1. The number of anilines is 1. The highest BCUT2D eigenvalue weighted by molar-refractivity contribution is 7.91. The van der Waals surface area contributed by atoms with Gasteiger partial charge in [-0.15, -0.1) is 13.2 Å². The standard InChI is InChI=1S/C23H17ClF5NO4S/c1-2-35(32,33)14-10-19(25)17(20(26)11-14)12-22(31)30-13-7-8-15(18(24)9-13)16-5-3-4-6-21(16)34-23(27,28)29/h3-11H,2,12H2,1H3,(H,30,31). The molecule has 0 radical (unpaired) electrons. The first-order valence-corrected chi connectivity index (χ1v) is 12.0. The normalized spacial score (nSPS) is 11.9. The van der Waals surface area contributed by atoms with Crippen LogP contribution in [0.15, 0.2) is 59.5 Å². The van der Waals surface area contributed by atoms with Crippen molar-refractivity contribution in [3.63, 3.8) is 0 Å². The van der Waals surface area contributed by atoms with Crippen LogP contribution in [0.25, 0.3) is 11.1 Å². The molecule has 0 fully saturated rings. The molecule has 0 saturated carbocycles. The van der Waals surface area contributed by atoms with E-state index < -0.39 is 56.4 Å². The highest BCUT2D eigenvalue weighted by Crippen LogP contribution is 2.38. The molecule has 0 spiro atoms. The van der Waals surface area contributed by atoms with Crippen molar-refractivity contribution in [2.24, 2.45) is 0 Å². The van der Waals surface area contributed by atoms with Crippen molar-refractivity contribution < 1.29 is 39.9 Å². The molecule has 3 rings (SSSR count). The molecule has 12 heteroatoms. The van der Waals surface area contributed by atoms with Crippen molar-refractivity contribution in [3.8, 4) is 16.9 Å². The van der Waals surface area contributed by atoms with E-state index in [1.807, 2.05) is 0 Å². The highest BCUT2D eigenvalue weighted by atomic mass is 35.5. The van der Waals surface area contributed by atoms with Crippen molar-refractivity contribution in [1.82, 2.24) is 0 Å². The molecule has 0 saturated heterocycles. The minimum absolute atomic E-state index is 0.0208. The molecule has 0 bridgehead atoms. The van der Waals surface area contributed by atoms with E-state index in [1.54, 1.807) is 0 Å². The summed E-state index contributed by atoms with van der Waals surface area (Å²) in [5.41, 5.74) is -0.268. The zero-order valence-electron chi connectivity index (χ0n) is 17.9. The van der Waals surface area contributed by atoms with Gasteiger partial charge in [-0.3, -0.25) is 4.79 Å². The molecule has 0 aliphatic heterocycles. The van der Waals surface area contributed by atoms with Crippen LogP contribution in [0, 0.1) is 11.6 Å². The molecular weight excluding hydrogens is 517 g/mol. The molecule has 0 atom stereocenters. The van der Waals surface area contributed by atoms with Gasteiger partial charge in [0.1, 0.15) is 17.4 Å². The van der Waals surface area contributed by atoms with Gasteiger partial charge in [0.15, 0.2) is 9.84 Å². The van der Waals surface area contributed by atoms with Crippen LogP contribution in [0.3, 0.4) is 0 Å². The molecule has 3 aromatic rings. The van der Waals surface area contributed by atoms with Gasteiger partial charge in [-0.05, 0) is 30.3 Å². The number of ether oxygens (including phenoxy) is 1. The van der Waals surface area contributed by atoms with Gasteiger partial charge in [0.25, 0.3) is 0 Å². The van der Waals surface area contributed by atoms with E-state index in [2.05, 4.69) is 10.1 Å². The zero-order chi connectivity index (χ0) is 26.0. The van der Waals surface area contributed by atoms with Crippen LogP contribution in [0.1, 0.15) is 12.5 Å². The number of carbonyl (C=O) groups excluding carboxylic acids is 1. The molecule has 0 heterocycles. The number of benzene rings is 3. The second-order valence-corrected chi connectivity index (χ2v) is 9.92. The van der Waals surface area contributed by atoms with Gasteiger partial charge in [0.05, 0.1) is 22.1 Å². The lowest BCUT2D eigenvalue weighted by Gasteiger charge is -2.15. The number of rotatable bonds is 7. The number of amides is 1. The molecule has 1 N–H and O–H groups in total. The summed E-state index contributed by atoms with van der Waals surface area (Å²) in [6.07, 6.45) is -5.66. The van der Waals surface area contributed by atoms with E-state index in [0.717, 1.165) is 6.07 Å². The lowest BCUT2D eigenvalue weighted by atomic mass is 10.0. The van der Waals surface area contributed by atoms with Crippen LogP contribution in [-0.4, -0.2) is 26.4 Å². The van der Waals surface area contributed by atoms with Gasteiger partial charge in [-0.25, -0.2) is 17.2 Å². The SMILES string of the molecule is CCS(=O)(=O)c1cc(F)c(CC(=O)Nc2ccc(-c3ccccc3OC(F)(F)F)c(Cl)c2)c(F)c1. The Balaban J connectivity index is 1.80. The van der Waals surface area contributed by atoms with E-state index in [1.165, 1.54) is 43.3 Å². The van der Waals surface area contributed by atoms with Gasteiger partial charge >= 0.3 is 6.36 Å². The summed E-state index contributed by atoms with van der Waals surface area (Å²) >= 11 is 6.21. The molecule has 0 unspecified atom stereocenters. The van der Waals surface area contributed by atoms with Crippen LogP contribution in [0.2, 0.25) is 5.02 Å². The quantitative estimate of drug-likeness (QED) is 0.369. The van der Waals surface area contributed by atoms with Crippen LogP contribution >= 0.6 is 11.6 Å². The summed E-state index contributed by atoms with van der Waals surface area (Å²) in [5, 5.41) is 2.37. The molecule has 0 aliphatic rings. The fourth-order valence-corrected chi connectivity index (χ4v) is 4.36. The minimum atomic E-state index is -4.92. The van der Waals surface area contributed by atoms with Gasteiger partial charge in [0, 0.05) is 22.4 Å². The number of alkyl halides is 3. The second-order valence-electron chi connectivity index (χ2n) is 7.23. The minimum Gasteiger partial charge on any atom is -0.405 e. The maximum Gasteiger partial charge on any atom is 0.573 e. The maximum absolute atomic E-state index is 14.3. The molecule has 3 aromatic carbocycles. The second kappa shape index (κ2) is 10.2. The van der Waals surface area contributed by atoms with E-state index in [0.29, 0.717) is 12.1 Å². The highest BCUT2D eigenvalue weighted by Gasteiger charge is 2.32. The Hall–Kier alpha value is -3.18. The monoisotopic (exact) mass is 533 g/mol. The number of hydrogen-bond acceptors (Lipinski definition) is 4. The van der Waals surface area contributed by atoms with Gasteiger partial charge in [0.2, 0.25) is 5.91 Å². The van der Waals surface area contributed by atoms with Gasteiger partial charge in [-0.2, -0.15) is 0 Å². The van der Waals surface area contributed by atoms with E-state index in [4.69, 9.17) is 11.6 Å². The molecule has 0 aromatic heterocycles. The summed E-state index contributed by atoms with van der Waals surface area (Å²) in [5.74, 6) is -4.05. The average Bonchev–Trinajstić information content (AvgIpc) is 2.76. The first-order valence-electron chi connectivity index (χ1n) is 9.96. The van der Waals surface area contributed by atoms with Crippen molar-refractivity contribution >= 4 is 33.0 Å². The number of halogens is 6. The van der Waals surface area contributed by atoms with Crippen LogP contribution in [0.4, 0.5) is 27.6 Å². The molecule has 186 valence electrons. The van der Waals surface area contributed by atoms with E-state index in [-0.39, 0.29) is 27.6 Å². The molecule has 35 heavy (non-hydrogen) atoms. The van der Waals surface area contributed by atoms with Crippen LogP contribution in [-0.2, 0) is 21.1 Å². The maximum atomic E-state index is 14.3. The van der Waals surface area contributed by atoms with Crippen molar-refractivity contribution in [2.45, 2.75) is 24.6 Å². The molecule has 1 amide bonds. The first kappa shape index (κ1) is 26.4. The number of sulfone groups is 1. The molecule has 5 nitrogen and oxygen atoms in total. The van der Waals surface area contributed by atoms with Gasteiger partial charge in [-0.1, -0.05) is 42.8 Å². The molecular formula is C23H17ClF5NO4S.